The minimum absolute atomic E-state index is 0.0264. The van der Waals surface area contributed by atoms with Crippen molar-refractivity contribution in [3.05, 3.63) is 46.0 Å². The van der Waals surface area contributed by atoms with E-state index >= 15 is 0 Å². The third kappa shape index (κ3) is 2.56. The first-order valence-electron chi connectivity index (χ1n) is 8.37. The van der Waals surface area contributed by atoms with Gasteiger partial charge in [-0.2, -0.15) is 0 Å². The average molecular weight is 297 g/mol. The summed E-state index contributed by atoms with van der Waals surface area (Å²) >= 11 is 0. The highest BCUT2D eigenvalue weighted by Crippen LogP contribution is 2.40. The van der Waals surface area contributed by atoms with E-state index in [1.165, 1.54) is 25.7 Å². The van der Waals surface area contributed by atoms with E-state index in [1.807, 2.05) is 19.1 Å². The van der Waals surface area contributed by atoms with E-state index in [1.54, 1.807) is 16.7 Å². The minimum atomic E-state index is 0.0264. The number of hydrogen-bond acceptors (Lipinski definition) is 3. The molecule has 1 atom stereocenters. The minimum Gasteiger partial charge on any atom is -0.292 e. The monoisotopic (exact) mass is 297 g/mol. The van der Waals surface area contributed by atoms with Gasteiger partial charge in [0.2, 0.25) is 0 Å². The normalized spacial score (nSPS) is 19.8. The van der Waals surface area contributed by atoms with Gasteiger partial charge in [-0.3, -0.25) is 14.1 Å². The van der Waals surface area contributed by atoms with Gasteiger partial charge >= 0.3 is 0 Å². The van der Waals surface area contributed by atoms with Gasteiger partial charge in [0, 0.05) is 30.9 Å². The molecular formula is C18H23N3O. The fraction of sp³-hybridized carbons (Fsp3) is 0.556. The van der Waals surface area contributed by atoms with Gasteiger partial charge in [0.05, 0.1) is 5.69 Å². The van der Waals surface area contributed by atoms with E-state index in [0.29, 0.717) is 12.1 Å². The molecule has 2 fully saturated rings. The maximum atomic E-state index is 12.3. The van der Waals surface area contributed by atoms with Crippen molar-refractivity contribution in [2.75, 3.05) is 0 Å². The van der Waals surface area contributed by atoms with Gasteiger partial charge in [-0.25, -0.2) is 4.98 Å². The number of fused-ring (bicyclic) bond motifs is 1. The summed E-state index contributed by atoms with van der Waals surface area (Å²) in [6.45, 7) is 5.16. The Labute approximate surface area is 130 Å². The Morgan fingerprint density at radius 2 is 2.14 bits per heavy atom. The molecule has 4 rings (SSSR count). The van der Waals surface area contributed by atoms with Crippen LogP contribution >= 0.6 is 0 Å². The maximum Gasteiger partial charge on any atom is 0.258 e. The van der Waals surface area contributed by atoms with Crippen LogP contribution in [0.1, 0.15) is 43.9 Å². The summed E-state index contributed by atoms with van der Waals surface area (Å²) in [6, 6.07) is 6.94. The predicted octanol–water partition coefficient (Wildman–Crippen LogP) is 2.77. The number of hydrogen-bond donors (Lipinski definition) is 0. The third-order valence-corrected chi connectivity index (χ3v) is 5.13. The molecule has 2 saturated carbocycles. The Morgan fingerprint density at radius 1 is 1.36 bits per heavy atom. The Hall–Kier alpha value is -1.68. The van der Waals surface area contributed by atoms with Gasteiger partial charge in [-0.05, 0) is 57.1 Å². The first kappa shape index (κ1) is 13.9. The molecule has 2 aliphatic rings. The zero-order valence-corrected chi connectivity index (χ0v) is 13.3. The van der Waals surface area contributed by atoms with Gasteiger partial charge in [-0.15, -0.1) is 0 Å². The van der Waals surface area contributed by atoms with Crippen LogP contribution < -0.4 is 5.56 Å². The molecule has 4 nitrogen and oxygen atoms in total. The summed E-state index contributed by atoms with van der Waals surface area (Å²) in [5, 5.41) is 0. The molecule has 0 bridgehead atoms. The highest BCUT2D eigenvalue weighted by atomic mass is 16.1. The molecular weight excluding hydrogens is 274 g/mol. The summed E-state index contributed by atoms with van der Waals surface area (Å²) in [7, 11) is 0. The lowest BCUT2D eigenvalue weighted by atomic mass is 10.1. The zero-order valence-electron chi connectivity index (χ0n) is 13.3. The highest BCUT2D eigenvalue weighted by molar-refractivity contribution is 5.46. The topological polar surface area (TPSA) is 37.6 Å². The van der Waals surface area contributed by atoms with Crippen LogP contribution in [0.5, 0.6) is 0 Å². The van der Waals surface area contributed by atoms with E-state index in [2.05, 4.69) is 11.8 Å². The van der Waals surface area contributed by atoms with Crippen molar-refractivity contribution in [2.24, 2.45) is 5.92 Å². The third-order valence-electron chi connectivity index (χ3n) is 5.13. The first-order chi connectivity index (χ1) is 10.6. The van der Waals surface area contributed by atoms with E-state index < -0.39 is 0 Å². The summed E-state index contributed by atoms with van der Waals surface area (Å²) in [5.41, 5.74) is 2.78. The lowest BCUT2D eigenvalue weighted by molar-refractivity contribution is 0.168. The summed E-state index contributed by atoms with van der Waals surface area (Å²) in [6.07, 6.45) is 7.10. The van der Waals surface area contributed by atoms with Crippen LogP contribution in [0.2, 0.25) is 0 Å². The molecule has 22 heavy (non-hydrogen) atoms. The summed E-state index contributed by atoms with van der Waals surface area (Å²) < 4.78 is 1.64. The molecule has 116 valence electrons. The lowest BCUT2D eigenvalue weighted by Crippen LogP contribution is -2.36. The van der Waals surface area contributed by atoms with Gasteiger partial charge in [0.25, 0.3) is 5.56 Å². The van der Waals surface area contributed by atoms with Crippen LogP contribution in [-0.2, 0) is 6.54 Å². The number of nitrogens with zero attached hydrogens (tertiary/aromatic N) is 3. The molecule has 0 N–H and O–H groups in total. The van der Waals surface area contributed by atoms with Gasteiger partial charge in [-0.1, -0.05) is 6.07 Å². The molecule has 0 saturated heterocycles. The molecule has 0 radical (unpaired) electrons. The van der Waals surface area contributed by atoms with Crippen LogP contribution in [0.4, 0.5) is 0 Å². The smallest absolute Gasteiger partial charge is 0.258 e. The predicted molar refractivity (Wildman–Crippen MR) is 87.0 cm³/mol. The van der Waals surface area contributed by atoms with E-state index in [4.69, 9.17) is 4.98 Å². The molecule has 4 heteroatoms. The van der Waals surface area contributed by atoms with E-state index in [0.717, 1.165) is 29.4 Å². The van der Waals surface area contributed by atoms with Crippen LogP contribution in [-0.4, -0.2) is 26.4 Å². The molecule has 0 amide bonds. The van der Waals surface area contributed by atoms with Gasteiger partial charge in [0.1, 0.15) is 5.65 Å². The SMILES string of the molecule is Cc1cccn2c(=O)cc(CN(C3CC3)[C@@H](C)C3CC3)nc12. The Morgan fingerprint density at radius 3 is 2.82 bits per heavy atom. The highest BCUT2D eigenvalue weighted by Gasteiger charge is 2.39. The van der Waals surface area contributed by atoms with E-state index in [-0.39, 0.29) is 5.56 Å². The van der Waals surface area contributed by atoms with Crippen molar-refractivity contribution in [3.63, 3.8) is 0 Å². The number of pyridine rings is 1. The fourth-order valence-corrected chi connectivity index (χ4v) is 3.44. The molecule has 0 spiro atoms. The second kappa shape index (κ2) is 5.20. The average Bonchev–Trinajstić information content (AvgIpc) is 3.38. The van der Waals surface area contributed by atoms with Crippen LogP contribution in [0, 0.1) is 12.8 Å². The van der Waals surface area contributed by atoms with E-state index in [9.17, 15) is 4.79 Å². The molecule has 0 aliphatic heterocycles. The van der Waals surface area contributed by atoms with Crippen LogP contribution in [0.15, 0.2) is 29.2 Å². The van der Waals surface area contributed by atoms with Crippen molar-refractivity contribution >= 4 is 5.65 Å². The largest absolute Gasteiger partial charge is 0.292 e. The Balaban J connectivity index is 1.68. The van der Waals surface area contributed by atoms with Crippen molar-refractivity contribution in [1.82, 2.24) is 14.3 Å². The molecule has 2 aromatic heterocycles. The Kier molecular flexibility index (Phi) is 3.30. The van der Waals surface area contributed by atoms with Crippen molar-refractivity contribution in [3.8, 4) is 0 Å². The van der Waals surface area contributed by atoms with Crippen molar-refractivity contribution in [1.29, 1.82) is 0 Å². The van der Waals surface area contributed by atoms with Gasteiger partial charge in [0.15, 0.2) is 0 Å². The number of aromatic nitrogens is 2. The summed E-state index contributed by atoms with van der Waals surface area (Å²) in [4.78, 5) is 19.7. The first-order valence-corrected chi connectivity index (χ1v) is 8.37. The second-order valence-electron chi connectivity index (χ2n) is 6.95. The lowest BCUT2D eigenvalue weighted by Gasteiger charge is -2.29. The zero-order chi connectivity index (χ0) is 15.3. The van der Waals surface area contributed by atoms with Crippen molar-refractivity contribution in [2.45, 2.75) is 58.2 Å². The molecule has 0 unspecified atom stereocenters. The fourth-order valence-electron chi connectivity index (χ4n) is 3.44. The molecule has 0 aromatic carbocycles. The molecule has 2 aromatic rings. The quantitative estimate of drug-likeness (QED) is 0.851. The second-order valence-corrected chi connectivity index (χ2v) is 6.95. The van der Waals surface area contributed by atoms with Crippen LogP contribution in [0.3, 0.4) is 0 Å². The summed E-state index contributed by atoms with van der Waals surface area (Å²) in [5.74, 6) is 0.851. The van der Waals surface area contributed by atoms with Crippen LogP contribution in [0.25, 0.3) is 5.65 Å². The molecule has 2 heterocycles. The standard InChI is InChI=1S/C18H23N3O/c1-12-4-3-9-20-17(22)10-15(19-18(12)20)11-21(16-7-8-16)13(2)14-5-6-14/h3-4,9-10,13-14,16H,5-8,11H2,1-2H3/t13-/m0/s1. The maximum absolute atomic E-state index is 12.3. The number of aryl methyl sites for hydroxylation is 1. The molecule has 2 aliphatic carbocycles. The number of rotatable bonds is 5. The van der Waals surface area contributed by atoms with Gasteiger partial charge < -0.3 is 0 Å². The van der Waals surface area contributed by atoms with Crippen molar-refractivity contribution < 1.29 is 0 Å². The Bertz CT molecular complexity index is 759.